The second-order valence-electron chi connectivity index (χ2n) is 7.39. The Bertz CT molecular complexity index is 1270. The number of benzene rings is 2. The molecule has 3 aromatic rings. The van der Waals surface area contributed by atoms with Crippen LogP contribution in [0.15, 0.2) is 59.6 Å². The van der Waals surface area contributed by atoms with Gasteiger partial charge in [0.1, 0.15) is 11.6 Å². The number of sulfonamides is 1. The fraction of sp³-hybridized carbons (Fsp3) is 0.227. The smallest absolute Gasteiger partial charge is 0.261 e. The molecule has 1 fully saturated rings. The second kappa shape index (κ2) is 9.85. The van der Waals surface area contributed by atoms with Crippen molar-refractivity contribution in [3.63, 3.8) is 0 Å². The summed E-state index contributed by atoms with van der Waals surface area (Å²) in [5.41, 5.74) is 1.35. The molecule has 0 spiro atoms. The Morgan fingerprint density at radius 2 is 1.64 bits per heavy atom. The number of aromatic nitrogens is 1. The van der Waals surface area contributed by atoms with Crippen LogP contribution in [0.25, 0.3) is 0 Å². The molecule has 174 valence electrons. The Balaban J connectivity index is 1.44. The molecule has 33 heavy (non-hydrogen) atoms. The van der Waals surface area contributed by atoms with Crippen molar-refractivity contribution < 1.29 is 13.2 Å². The molecule has 1 aliphatic heterocycles. The SMILES string of the molecule is COc1cccc(N2CCN(c3ncc(NS(=O)(=O)c4ccc(Cl)c(Cl)c4)cc3Cl)CC2)c1. The Labute approximate surface area is 207 Å². The van der Waals surface area contributed by atoms with Crippen LogP contribution in [0.3, 0.4) is 0 Å². The van der Waals surface area contributed by atoms with E-state index >= 15 is 0 Å². The van der Waals surface area contributed by atoms with Gasteiger partial charge in [-0.05, 0) is 36.4 Å². The van der Waals surface area contributed by atoms with Gasteiger partial charge in [-0.25, -0.2) is 13.4 Å². The zero-order valence-electron chi connectivity index (χ0n) is 17.6. The molecular formula is C22H21Cl3N4O3S. The zero-order valence-corrected chi connectivity index (χ0v) is 20.7. The van der Waals surface area contributed by atoms with Gasteiger partial charge in [0.2, 0.25) is 0 Å². The summed E-state index contributed by atoms with van der Waals surface area (Å²) in [4.78, 5) is 8.76. The molecule has 2 aromatic carbocycles. The van der Waals surface area contributed by atoms with Crippen molar-refractivity contribution in [2.24, 2.45) is 0 Å². The van der Waals surface area contributed by atoms with Crippen LogP contribution < -0.4 is 19.3 Å². The number of methoxy groups -OCH3 is 1. The van der Waals surface area contributed by atoms with Crippen LogP contribution in [-0.4, -0.2) is 46.7 Å². The normalized spacial score (nSPS) is 14.3. The van der Waals surface area contributed by atoms with E-state index in [1.54, 1.807) is 13.2 Å². The van der Waals surface area contributed by atoms with E-state index < -0.39 is 10.0 Å². The highest BCUT2D eigenvalue weighted by molar-refractivity contribution is 7.92. The molecule has 1 saturated heterocycles. The first-order chi connectivity index (χ1) is 15.8. The van der Waals surface area contributed by atoms with Crippen LogP contribution in [0, 0.1) is 0 Å². The number of pyridine rings is 1. The Morgan fingerprint density at radius 3 is 2.30 bits per heavy atom. The zero-order chi connectivity index (χ0) is 23.6. The average Bonchev–Trinajstić information content (AvgIpc) is 2.81. The predicted molar refractivity (Wildman–Crippen MR) is 134 cm³/mol. The first-order valence-electron chi connectivity index (χ1n) is 10.0. The maximum Gasteiger partial charge on any atom is 0.261 e. The van der Waals surface area contributed by atoms with Gasteiger partial charge >= 0.3 is 0 Å². The van der Waals surface area contributed by atoms with Crippen molar-refractivity contribution >= 4 is 62.0 Å². The van der Waals surface area contributed by atoms with Crippen molar-refractivity contribution in [1.29, 1.82) is 0 Å². The van der Waals surface area contributed by atoms with Crippen molar-refractivity contribution in [3.05, 3.63) is 69.8 Å². The molecule has 7 nitrogen and oxygen atoms in total. The summed E-state index contributed by atoms with van der Waals surface area (Å²) in [5.74, 6) is 1.43. The molecule has 0 radical (unpaired) electrons. The quantitative estimate of drug-likeness (QED) is 0.476. The lowest BCUT2D eigenvalue weighted by atomic mass is 10.2. The highest BCUT2D eigenvalue weighted by Gasteiger charge is 2.22. The standard InChI is InChI=1S/C22H21Cl3N4O3S/c1-32-17-4-2-3-16(12-17)28-7-9-29(10-8-28)22-21(25)11-15(14-26-22)27-33(30,31)18-5-6-19(23)20(24)13-18/h2-6,11-14,27H,7-10H2,1H3. The summed E-state index contributed by atoms with van der Waals surface area (Å²) in [6, 6.07) is 13.6. The van der Waals surface area contributed by atoms with Gasteiger partial charge in [0, 0.05) is 37.9 Å². The number of ether oxygens (including phenoxy) is 1. The third kappa shape index (κ3) is 5.41. The summed E-state index contributed by atoms with van der Waals surface area (Å²) in [6.45, 7) is 3.02. The van der Waals surface area contributed by atoms with Gasteiger partial charge < -0.3 is 14.5 Å². The first kappa shape index (κ1) is 23.8. The number of nitrogens with one attached hydrogen (secondary N) is 1. The predicted octanol–water partition coefficient (Wildman–Crippen LogP) is 5.18. The highest BCUT2D eigenvalue weighted by Crippen LogP contribution is 2.30. The van der Waals surface area contributed by atoms with E-state index in [1.165, 1.54) is 24.4 Å². The summed E-state index contributed by atoms with van der Waals surface area (Å²) in [5, 5.41) is 0.787. The third-order valence-electron chi connectivity index (χ3n) is 5.27. The number of hydrogen-bond donors (Lipinski definition) is 1. The second-order valence-corrected chi connectivity index (χ2v) is 10.3. The molecule has 0 saturated carbocycles. The molecule has 1 aromatic heterocycles. The lowest BCUT2D eigenvalue weighted by Crippen LogP contribution is -2.47. The Hall–Kier alpha value is -2.39. The number of halogens is 3. The molecule has 1 aliphatic rings. The van der Waals surface area contributed by atoms with Crippen LogP contribution in [0.5, 0.6) is 5.75 Å². The summed E-state index contributed by atoms with van der Waals surface area (Å²) in [7, 11) is -2.22. The number of anilines is 3. The molecule has 0 unspecified atom stereocenters. The van der Waals surface area contributed by atoms with Crippen LogP contribution >= 0.6 is 34.8 Å². The molecule has 4 rings (SSSR count). The lowest BCUT2D eigenvalue weighted by molar-refractivity contribution is 0.414. The van der Waals surface area contributed by atoms with Gasteiger partial charge in [-0.3, -0.25) is 4.72 Å². The van der Waals surface area contributed by atoms with Gasteiger partial charge in [-0.1, -0.05) is 40.9 Å². The van der Waals surface area contributed by atoms with Crippen LogP contribution in [0.2, 0.25) is 15.1 Å². The monoisotopic (exact) mass is 526 g/mol. The average molecular weight is 528 g/mol. The fourth-order valence-corrected chi connectivity index (χ4v) is 5.27. The first-order valence-corrected chi connectivity index (χ1v) is 12.7. The molecular weight excluding hydrogens is 507 g/mol. The molecule has 2 heterocycles. The molecule has 0 bridgehead atoms. The highest BCUT2D eigenvalue weighted by atomic mass is 35.5. The Morgan fingerprint density at radius 1 is 0.909 bits per heavy atom. The Kier molecular flexibility index (Phi) is 7.09. The largest absolute Gasteiger partial charge is 0.497 e. The molecule has 11 heteroatoms. The maximum absolute atomic E-state index is 12.7. The van der Waals surface area contributed by atoms with Gasteiger partial charge in [0.05, 0.1) is 39.0 Å². The lowest BCUT2D eigenvalue weighted by Gasteiger charge is -2.37. The van der Waals surface area contributed by atoms with E-state index in [4.69, 9.17) is 39.5 Å². The van der Waals surface area contributed by atoms with Crippen molar-refractivity contribution in [3.8, 4) is 5.75 Å². The number of piperazine rings is 1. The van der Waals surface area contributed by atoms with Crippen LogP contribution in [-0.2, 0) is 10.0 Å². The third-order valence-corrected chi connectivity index (χ3v) is 7.67. The maximum atomic E-state index is 12.7. The minimum atomic E-state index is -3.87. The van der Waals surface area contributed by atoms with Crippen molar-refractivity contribution in [2.45, 2.75) is 4.90 Å². The van der Waals surface area contributed by atoms with E-state index in [1.807, 2.05) is 18.2 Å². The minimum absolute atomic E-state index is 0.00855. The van der Waals surface area contributed by atoms with E-state index in [9.17, 15) is 8.42 Å². The van der Waals surface area contributed by atoms with Gasteiger partial charge in [-0.15, -0.1) is 0 Å². The van der Waals surface area contributed by atoms with E-state index in [0.717, 1.165) is 37.6 Å². The molecule has 1 N–H and O–H groups in total. The van der Waals surface area contributed by atoms with Gasteiger partial charge in [0.25, 0.3) is 10.0 Å². The number of rotatable bonds is 6. The number of hydrogen-bond acceptors (Lipinski definition) is 6. The fourth-order valence-electron chi connectivity index (χ4n) is 3.56. The summed E-state index contributed by atoms with van der Waals surface area (Å²) in [6.07, 6.45) is 1.45. The van der Waals surface area contributed by atoms with Crippen LogP contribution in [0.4, 0.5) is 17.2 Å². The topological polar surface area (TPSA) is 74.8 Å². The van der Waals surface area contributed by atoms with E-state index in [2.05, 4.69) is 25.6 Å². The molecule has 0 atom stereocenters. The van der Waals surface area contributed by atoms with Crippen molar-refractivity contribution in [1.82, 2.24) is 4.98 Å². The minimum Gasteiger partial charge on any atom is -0.497 e. The van der Waals surface area contributed by atoms with E-state index in [-0.39, 0.29) is 20.6 Å². The molecule has 0 amide bonds. The number of nitrogens with zero attached hydrogens (tertiary/aromatic N) is 3. The van der Waals surface area contributed by atoms with E-state index in [0.29, 0.717) is 10.8 Å². The molecule has 0 aliphatic carbocycles. The van der Waals surface area contributed by atoms with Gasteiger partial charge in [0.15, 0.2) is 0 Å². The van der Waals surface area contributed by atoms with Crippen molar-refractivity contribution in [2.75, 3.05) is 47.8 Å². The summed E-state index contributed by atoms with van der Waals surface area (Å²) >= 11 is 18.3. The summed E-state index contributed by atoms with van der Waals surface area (Å²) < 4.78 is 33.1. The van der Waals surface area contributed by atoms with Crippen LogP contribution in [0.1, 0.15) is 0 Å². The van der Waals surface area contributed by atoms with Gasteiger partial charge in [-0.2, -0.15) is 0 Å².